The maximum atomic E-state index is 8.36. The van der Waals surface area contributed by atoms with Gasteiger partial charge in [-0.25, -0.2) is 4.98 Å². The smallest absolute Gasteiger partial charge is 0.291 e. The standard InChI is InChI=1S/C19H20Cl2N2O3.HNO3/c1-24-17-4-2-3-5-18(17)25-14-26-19(21)8-6-15(16(20)12-19)7-10-23-11-9-22-13-23;2-1(3)4/h2-6,8-9,11-13,15H,7,10,14H2,1H3;(H,2,3,4). The van der Waals surface area contributed by atoms with Gasteiger partial charge in [-0.05, 0) is 30.7 Å². The summed E-state index contributed by atoms with van der Waals surface area (Å²) < 4.78 is 18.5. The minimum atomic E-state index is -1.50. The third kappa shape index (κ3) is 7.58. The van der Waals surface area contributed by atoms with Crippen LogP contribution in [-0.2, 0) is 11.3 Å². The fraction of sp³-hybridized carbons (Fsp3) is 0.316. The first-order valence-electron chi connectivity index (χ1n) is 8.78. The van der Waals surface area contributed by atoms with Crippen LogP contribution in [0.1, 0.15) is 6.42 Å². The van der Waals surface area contributed by atoms with E-state index >= 15 is 0 Å². The van der Waals surface area contributed by atoms with Gasteiger partial charge in [0.05, 0.1) is 13.4 Å². The maximum Gasteiger partial charge on any atom is 0.291 e. The van der Waals surface area contributed by atoms with Gasteiger partial charge in [-0.1, -0.05) is 41.4 Å². The molecule has 0 fully saturated rings. The number of imidazole rings is 1. The topological polar surface area (TPSA) is 109 Å². The molecule has 0 amide bonds. The summed E-state index contributed by atoms with van der Waals surface area (Å²) in [5.41, 5.74) is 0. The van der Waals surface area contributed by atoms with Crippen LogP contribution in [0.2, 0.25) is 0 Å². The minimum Gasteiger partial charge on any atom is -0.493 e. The normalized spacial score (nSPS) is 20.0. The minimum absolute atomic E-state index is 0.0331. The van der Waals surface area contributed by atoms with Gasteiger partial charge in [0, 0.05) is 29.9 Å². The second kappa shape index (κ2) is 11.4. The summed E-state index contributed by atoms with van der Waals surface area (Å²) in [5, 5.41) is 13.2. The molecule has 1 aromatic heterocycles. The van der Waals surface area contributed by atoms with Gasteiger partial charge in [0.15, 0.2) is 23.4 Å². The Morgan fingerprint density at radius 2 is 2.07 bits per heavy atom. The average molecular weight is 458 g/mol. The molecule has 0 bridgehead atoms. The molecule has 0 spiro atoms. The zero-order valence-corrected chi connectivity index (χ0v) is 17.6. The van der Waals surface area contributed by atoms with Gasteiger partial charge in [0.25, 0.3) is 5.09 Å². The summed E-state index contributed by atoms with van der Waals surface area (Å²) in [6.07, 6.45) is 11.8. The van der Waals surface area contributed by atoms with E-state index in [-0.39, 0.29) is 12.7 Å². The van der Waals surface area contributed by atoms with E-state index in [1.54, 1.807) is 37.9 Å². The van der Waals surface area contributed by atoms with Crippen LogP contribution < -0.4 is 9.47 Å². The number of alkyl halides is 1. The maximum absolute atomic E-state index is 8.36. The molecule has 1 aliphatic rings. The average Bonchev–Trinajstić information content (AvgIpc) is 3.21. The molecule has 0 aliphatic heterocycles. The molecule has 9 nitrogen and oxygen atoms in total. The second-order valence-electron chi connectivity index (χ2n) is 6.08. The third-order valence-electron chi connectivity index (χ3n) is 4.07. The van der Waals surface area contributed by atoms with E-state index in [2.05, 4.69) is 4.98 Å². The van der Waals surface area contributed by atoms with Crippen molar-refractivity contribution < 1.29 is 24.5 Å². The molecule has 0 saturated carbocycles. The molecule has 1 N–H and O–H groups in total. The van der Waals surface area contributed by atoms with Gasteiger partial charge in [-0.15, -0.1) is 10.1 Å². The van der Waals surface area contributed by atoms with Gasteiger partial charge in [0.1, 0.15) is 0 Å². The van der Waals surface area contributed by atoms with Crippen LogP contribution in [0, 0.1) is 16.0 Å². The largest absolute Gasteiger partial charge is 0.493 e. The summed E-state index contributed by atoms with van der Waals surface area (Å²) in [5.74, 6) is 1.32. The van der Waals surface area contributed by atoms with Crippen LogP contribution in [0.3, 0.4) is 0 Å². The van der Waals surface area contributed by atoms with Gasteiger partial charge < -0.3 is 24.0 Å². The first kappa shape index (κ1) is 23.5. The van der Waals surface area contributed by atoms with Crippen molar-refractivity contribution in [1.29, 1.82) is 0 Å². The van der Waals surface area contributed by atoms with Crippen molar-refractivity contribution in [1.82, 2.24) is 9.55 Å². The number of allylic oxidation sites excluding steroid dienone is 2. The highest BCUT2D eigenvalue weighted by Gasteiger charge is 2.29. The Kier molecular flexibility index (Phi) is 8.97. The number of para-hydroxylation sites is 2. The highest BCUT2D eigenvalue weighted by molar-refractivity contribution is 6.32. The van der Waals surface area contributed by atoms with Crippen molar-refractivity contribution >= 4 is 23.2 Å². The molecule has 2 unspecified atom stereocenters. The Hall–Kier alpha value is -2.75. The summed E-state index contributed by atoms with van der Waals surface area (Å²) in [6.45, 7) is 0.792. The molecule has 1 heterocycles. The number of hydrogen-bond acceptors (Lipinski definition) is 6. The summed E-state index contributed by atoms with van der Waals surface area (Å²) in [7, 11) is 1.59. The lowest BCUT2D eigenvalue weighted by Gasteiger charge is -2.27. The van der Waals surface area contributed by atoms with Crippen molar-refractivity contribution in [2.24, 2.45) is 5.92 Å². The third-order valence-corrected chi connectivity index (χ3v) is 4.80. The summed E-state index contributed by atoms with van der Waals surface area (Å²) >= 11 is 12.9. The number of aryl methyl sites for hydroxylation is 1. The van der Waals surface area contributed by atoms with Crippen molar-refractivity contribution in [3.8, 4) is 11.5 Å². The molecule has 0 radical (unpaired) electrons. The van der Waals surface area contributed by atoms with E-state index in [1.165, 1.54) is 0 Å². The van der Waals surface area contributed by atoms with Crippen LogP contribution in [-0.4, -0.2) is 38.8 Å². The molecule has 3 rings (SSSR count). The van der Waals surface area contributed by atoms with Crippen molar-refractivity contribution in [3.05, 3.63) is 76.4 Å². The van der Waals surface area contributed by atoms with Crippen LogP contribution >= 0.6 is 23.2 Å². The van der Waals surface area contributed by atoms with E-state index in [0.29, 0.717) is 16.5 Å². The monoisotopic (exact) mass is 457 g/mol. The van der Waals surface area contributed by atoms with E-state index in [1.807, 2.05) is 35.0 Å². The summed E-state index contributed by atoms with van der Waals surface area (Å²) in [4.78, 5) is 12.4. The molecule has 1 aromatic carbocycles. The van der Waals surface area contributed by atoms with Crippen LogP contribution in [0.5, 0.6) is 11.5 Å². The Labute approximate surface area is 183 Å². The molecule has 2 atom stereocenters. The van der Waals surface area contributed by atoms with Gasteiger partial charge in [-0.2, -0.15) is 0 Å². The predicted octanol–water partition coefficient (Wildman–Crippen LogP) is 4.23. The number of ether oxygens (including phenoxy) is 3. The quantitative estimate of drug-likeness (QED) is 0.207. The molecule has 162 valence electrons. The first-order chi connectivity index (χ1) is 14.3. The van der Waals surface area contributed by atoms with Crippen LogP contribution in [0.4, 0.5) is 0 Å². The molecule has 1 aliphatic carbocycles. The SMILES string of the molecule is COc1ccccc1OCOC1(Cl)C=CC(CCn2ccnc2)C(Cl)=C1.O=[N+]([O-])O. The van der Waals surface area contributed by atoms with Gasteiger partial charge >= 0.3 is 0 Å². The number of aromatic nitrogens is 2. The first-order valence-corrected chi connectivity index (χ1v) is 9.54. The number of methoxy groups -OCH3 is 1. The number of halogens is 2. The van der Waals surface area contributed by atoms with Gasteiger partial charge in [0.2, 0.25) is 0 Å². The molecule has 30 heavy (non-hydrogen) atoms. The Morgan fingerprint density at radius 1 is 1.37 bits per heavy atom. The highest BCUT2D eigenvalue weighted by atomic mass is 35.5. The van der Waals surface area contributed by atoms with Crippen molar-refractivity contribution in [2.75, 3.05) is 13.9 Å². The fourth-order valence-electron chi connectivity index (χ4n) is 2.63. The molecular formula is C19H21Cl2N3O6. The van der Waals surface area contributed by atoms with E-state index in [0.717, 1.165) is 13.0 Å². The van der Waals surface area contributed by atoms with Crippen LogP contribution in [0.15, 0.2) is 66.2 Å². The molecule has 11 heteroatoms. The highest BCUT2D eigenvalue weighted by Crippen LogP contribution is 2.35. The summed E-state index contributed by atoms with van der Waals surface area (Å²) in [6, 6.07) is 7.34. The Balaban J connectivity index is 0.000000735. The van der Waals surface area contributed by atoms with Crippen LogP contribution in [0.25, 0.3) is 0 Å². The molecule has 2 aromatic rings. The molecular weight excluding hydrogens is 437 g/mol. The fourth-order valence-corrected chi connectivity index (χ4v) is 3.27. The lowest BCUT2D eigenvalue weighted by molar-refractivity contribution is -0.742. The van der Waals surface area contributed by atoms with Gasteiger partial charge in [-0.3, -0.25) is 0 Å². The number of hydrogen-bond donors (Lipinski definition) is 1. The Morgan fingerprint density at radius 3 is 2.67 bits per heavy atom. The second-order valence-corrected chi connectivity index (χ2v) is 7.10. The number of nitrogens with zero attached hydrogens (tertiary/aromatic N) is 3. The Bertz CT molecular complexity index is 871. The van der Waals surface area contributed by atoms with E-state index < -0.39 is 10.1 Å². The van der Waals surface area contributed by atoms with Crippen molar-refractivity contribution in [2.45, 2.75) is 18.0 Å². The molecule has 0 saturated heterocycles. The predicted molar refractivity (Wildman–Crippen MR) is 110 cm³/mol. The number of benzene rings is 1. The van der Waals surface area contributed by atoms with E-state index in [9.17, 15) is 0 Å². The van der Waals surface area contributed by atoms with Crippen molar-refractivity contribution in [3.63, 3.8) is 0 Å². The van der Waals surface area contributed by atoms with E-state index in [4.69, 9.17) is 52.7 Å². The zero-order chi connectivity index (χ0) is 22.0. The lowest BCUT2D eigenvalue weighted by atomic mass is 9.98. The zero-order valence-electron chi connectivity index (χ0n) is 16.1. The number of rotatable bonds is 8. The lowest BCUT2D eigenvalue weighted by Crippen LogP contribution is -2.26.